The smallest absolute Gasteiger partial charge is 0.291 e. The molecule has 7 nitrogen and oxygen atoms in total. The molecule has 0 fully saturated rings. The fraction of sp³-hybridized carbons (Fsp3) is 0.174. The second-order valence-electron chi connectivity index (χ2n) is 6.62. The average Bonchev–Trinajstić information content (AvgIpc) is 3.29. The first-order valence-corrected chi connectivity index (χ1v) is 10.3. The second kappa shape index (κ2) is 10.9. The van der Waals surface area contributed by atoms with Crippen molar-refractivity contribution in [3.05, 3.63) is 78.3 Å². The Labute approximate surface area is 185 Å². The van der Waals surface area contributed by atoms with Gasteiger partial charge in [-0.3, -0.25) is 14.9 Å². The number of furan rings is 1. The molecule has 160 valence electrons. The van der Waals surface area contributed by atoms with E-state index in [9.17, 15) is 9.59 Å². The van der Waals surface area contributed by atoms with E-state index in [1.54, 1.807) is 54.6 Å². The molecule has 0 atom stereocenters. The van der Waals surface area contributed by atoms with Gasteiger partial charge in [-0.2, -0.15) is 0 Å². The molecular weight excluding hydrogens is 414 g/mol. The van der Waals surface area contributed by atoms with Gasteiger partial charge in [0.05, 0.1) is 18.4 Å². The number of ether oxygens (including phenoxy) is 1. The van der Waals surface area contributed by atoms with Crippen molar-refractivity contribution >= 4 is 40.5 Å². The minimum absolute atomic E-state index is 0.128. The Morgan fingerprint density at radius 2 is 1.74 bits per heavy atom. The van der Waals surface area contributed by atoms with Crippen LogP contribution in [0.5, 0.6) is 5.75 Å². The molecule has 0 saturated carbocycles. The molecule has 0 aliphatic rings. The summed E-state index contributed by atoms with van der Waals surface area (Å²) < 4.78 is 10.8. The number of unbranched alkanes of at least 4 members (excludes halogenated alkanes) is 1. The fourth-order valence-corrected chi connectivity index (χ4v) is 2.93. The molecule has 1 heterocycles. The number of anilines is 2. The first kappa shape index (κ1) is 22.0. The highest BCUT2D eigenvalue weighted by Crippen LogP contribution is 2.19. The zero-order chi connectivity index (χ0) is 22.1. The second-order valence-corrected chi connectivity index (χ2v) is 7.03. The van der Waals surface area contributed by atoms with Crippen LogP contribution in [0.3, 0.4) is 0 Å². The van der Waals surface area contributed by atoms with Crippen molar-refractivity contribution in [2.24, 2.45) is 0 Å². The summed E-state index contributed by atoms with van der Waals surface area (Å²) in [6, 6.07) is 17.2. The van der Waals surface area contributed by atoms with E-state index in [1.807, 2.05) is 6.07 Å². The lowest BCUT2D eigenvalue weighted by atomic mass is 10.2. The van der Waals surface area contributed by atoms with Gasteiger partial charge in [0.1, 0.15) is 5.75 Å². The van der Waals surface area contributed by atoms with Gasteiger partial charge in [-0.25, -0.2) is 0 Å². The maximum absolute atomic E-state index is 12.7. The number of benzene rings is 2. The summed E-state index contributed by atoms with van der Waals surface area (Å²) in [6.45, 7) is 2.61. The molecule has 3 rings (SSSR count). The van der Waals surface area contributed by atoms with Crippen molar-refractivity contribution in [2.45, 2.75) is 19.8 Å². The summed E-state index contributed by atoms with van der Waals surface area (Å²) in [7, 11) is 0. The van der Waals surface area contributed by atoms with Gasteiger partial charge in [0.25, 0.3) is 11.8 Å². The van der Waals surface area contributed by atoms with E-state index in [1.165, 1.54) is 6.26 Å². The van der Waals surface area contributed by atoms with Gasteiger partial charge in [0, 0.05) is 11.4 Å². The third kappa shape index (κ3) is 6.42. The van der Waals surface area contributed by atoms with Crippen LogP contribution in [0, 0.1) is 0 Å². The molecule has 31 heavy (non-hydrogen) atoms. The van der Waals surface area contributed by atoms with E-state index in [4.69, 9.17) is 21.4 Å². The van der Waals surface area contributed by atoms with Gasteiger partial charge >= 0.3 is 0 Å². The van der Waals surface area contributed by atoms with E-state index in [0.29, 0.717) is 29.3 Å². The molecular formula is C23H23N3O4S. The highest BCUT2D eigenvalue weighted by atomic mass is 32.1. The van der Waals surface area contributed by atoms with Crippen LogP contribution in [0.2, 0.25) is 0 Å². The Balaban J connectivity index is 1.60. The molecule has 3 aromatic rings. The van der Waals surface area contributed by atoms with Crippen LogP contribution in [-0.4, -0.2) is 23.5 Å². The molecule has 0 spiro atoms. The van der Waals surface area contributed by atoms with E-state index < -0.39 is 0 Å². The van der Waals surface area contributed by atoms with Crippen molar-refractivity contribution in [3.8, 4) is 5.75 Å². The van der Waals surface area contributed by atoms with Gasteiger partial charge < -0.3 is 19.8 Å². The van der Waals surface area contributed by atoms with Crippen LogP contribution in [-0.2, 0) is 0 Å². The Bertz CT molecular complexity index is 1050. The molecule has 0 saturated heterocycles. The molecule has 0 radical (unpaired) electrons. The highest BCUT2D eigenvalue weighted by molar-refractivity contribution is 7.80. The number of para-hydroxylation sites is 1. The minimum Gasteiger partial charge on any atom is -0.493 e. The van der Waals surface area contributed by atoms with Crippen LogP contribution < -0.4 is 20.7 Å². The minimum atomic E-state index is -0.369. The Morgan fingerprint density at radius 3 is 2.48 bits per heavy atom. The van der Waals surface area contributed by atoms with Crippen molar-refractivity contribution in [3.63, 3.8) is 0 Å². The van der Waals surface area contributed by atoms with Gasteiger partial charge in [-0.1, -0.05) is 31.5 Å². The molecule has 2 amide bonds. The van der Waals surface area contributed by atoms with Crippen LogP contribution in [0.4, 0.5) is 11.4 Å². The lowest BCUT2D eigenvalue weighted by Gasteiger charge is -2.13. The Hall–Kier alpha value is -3.65. The van der Waals surface area contributed by atoms with Gasteiger partial charge in [-0.15, -0.1) is 0 Å². The maximum Gasteiger partial charge on any atom is 0.291 e. The average molecular weight is 438 g/mol. The third-order valence-electron chi connectivity index (χ3n) is 4.24. The predicted molar refractivity (Wildman–Crippen MR) is 124 cm³/mol. The Morgan fingerprint density at radius 1 is 0.968 bits per heavy atom. The molecule has 3 N–H and O–H groups in total. The molecule has 2 aromatic carbocycles. The topological polar surface area (TPSA) is 92.6 Å². The summed E-state index contributed by atoms with van der Waals surface area (Å²) >= 11 is 5.27. The normalized spacial score (nSPS) is 10.2. The number of hydrogen-bond acceptors (Lipinski definition) is 5. The summed E-state index contributed by atoms with van der Waals surface area (Å²) in [6.07, 6.45) is 3.34. The molecule has 8 heteroatoms. The summed E-state index contributed by atoms with van der Waals surface area (Å²) in [5.41, 5.74) is 1.56. The van der Waals surface area contributed by atoms with Crippen LogP contribution in [0.25, 0.3) is 0 Å². The van der Waals surface area contributed by atoms with E-state index in [2.05, 4.69) is 22.9 Å². The summed E-state index contributed by atoms with van der Waals surface area (Å²) in [5.74, 6) is -0.00978. The highest BCUT2D eigenvalue weighted by Gasteiger charge is 2.14. The first-order chi connectivity index (χ1) is 15.1. The van der Waals surface area contributed by atoms with Crippen LogP contribution in [0.15, 0.2) is 71.3 Å². The lowest BCUT2D eigenvalue weighted by Crippen LogP contribution is -2.34. The van der Waals surface area contributed by atoms with Crippen molar-refractivity contribution < 1.29 is 18.7 Å². The third-order valence-corrected chi connectivity index (χ3v) is 4.44. The number of rotatable bonds is 8. The first-order valence-electron chi connectivity index (χ1n) is 9.86. The van der Waals surface area contributed by atoms with E-state index in [-0.39, 0.29) is 22.7 Å². The SMILES string of the molecule is CCCCOc1ccccc1C(=O)NC(=S)Nc1cccc(NC(=O)c2ccco2)c1. The lowest BCUT2D eigenvalue weighted by molar-refractivity contribution is 0.0971. The molecule has 0 aliphatic carbocycles. The van der Waals surface area contributed by atoms with E-state index in [0.717, 1.165) is 12.8 Å². The number of nitrogens with one attached hydrogen (secondary N) is 3. The summed E-state index contributed by atoms with van der Waals surface area (Å²) in [4.78, 5) is 24.8. The number of amides is 2. The van der Waals surface area contributed by atoms with Gasteiger partial charge in [-0.05, 0) is 61.1 Å². The van der Waals surface area contributed by atoms with Crippen molar-refractivity contribution in [2.75, 3.05) is 17.2 Å². The zero-order valence-electron chi connectivity index (χ0n) is 17.0. The van der Waals surface area contributed by atoms with Crippen LogP contribution in [0.1, 0.15) is 40.7 Å². The molecule has 0 aliphatic heterocycles. The number of thiocarbonyl (C=S) groups is 1. The van der Waals surface area contributed by atoms with Crippen molar-refractivity contribution in [1.82, 2.24) is 5.32 Å². The van der Waals surface area contributed by atoms with Gasteiger partial charge in [0.15, 0.2) is 10.9 Å². The zero-order valence-corrected chi connectivity index (χ0v) is 17.8. The van der Waals surface area contributed by atoms with Crippen LogP contribution >= 0.6 is 12.2 Å². The van der Waals surface area contributed by atoms with Gasteiger partial charge in [0.2, 0.25) is 0 Å². The largest absolute Gasteiger partial charge is 0.493 e. The fourth-order valence-electron chi connectivity index (χ4n) is 2.71. The molecule has 0 unspecified atom stereocenters. The monoisotopic (exact) mass is 437 g/mol. The maximum atomic E-state index is 12.7. The molecule has 0 bridgehead atoms. The summed E-state index contributed by atoms with van der Waals surface area (Å²) in [5, 5.41) is 8.47. The number of carbonyl (C=O) groups excluding carboxylic acids is 2. The van der Waals surface area contributed by atoms with Crippen molar-refractivity contribution in [1.29, 1.82) is 0 Å². The number of hydrogen-bond donors (Lipinski definition) is 3. The Kier molecular flexibility index (Phi) is 7.78. The molecule has 1 aromatic heterocycles. The quantitative estimate of drug-likeness (QED) is 0.345. The number of carbonyl (C=O) groups is 2. The standard InChI is InChI=1S/C23H23N3O4S/c1-2-3-13-29-19-11-5-4-10-18(19)21(27)26-23(31)25-17-9-6-8-16(15-17)24-22(28)20-12-7-14-30-20/h4-12,14-15H,2-3,13H2,1H3,(H,24,28)(H2,25,26,27,31). The predicted octanol–water partition coefficient (Wildman–Crippen LogP) is 4.84. The van der Waals surface area contributed by atoms with E-state index >= 15 is 0 Å².